The zero-order valence-corrected chi connectivity index (χ0v) is 13.9. The van der Waals surface area contributed by atoms with Gasteiger partial charge in [-0.2, -0.15) is 5.10 Å². The third-order valence-corrected chi connectivity index (χ3v) is 5.10. The molecule has 24 heavy (non-hydrogen) atoms. The second kappa shape index (κ2) is 6.42. The summed E-state index contributed by atoms with van der Waals surface area (Å²) >= 11 is 0. The molecule has 3 aromatic rings. The van der Waals surface area contributed by atoms with Gasteiger partial charge in [-0.3, -0.25) is 5.10 Å². The molecule has 5 heteroatoms. The molecular weight excluding hydrogens is 302 g/mol. The Morgan fingerprint density at radius 2 is 2.12 bits per heavy atom. The van der Waals surface area contributed by atoms with E-state index < -0.39 is 6.10 Å². The number of aliphatic hydroxyl groups is 1. The number of aryl methyl sites for hydroxylation is 1. The molecule has 1 aliphatic rings. The highest BCUT2D eigenvalue weighted by atomic mass is 16.4. The molecule has 126 valence electrons. The number of para-hydroxylation sites is 1. The van der Waals surface area contributed by atoms with Gasteiger partial charge < -0.3 is 14.4 Å². The van der Waals surface area contributed by atoms with Crippen molar-refractivity contribution < 1.29 is 9.52 Å². The number of piperidine rings is 1. The number of β-amino-alcohol motifs (C(OH)–C–C–N with tert-alkyl or cyclic N) is 1. The van der Waals surface area contributed by atoms with Crippen LogP contribution in [-0.2, 0) is 0 Å². The summed E-state index contributed by atoms with van der Waals surface area (Å²) in [6, 6.07) is 9.82. The molecule has 0 aliphatic carbocycles. The van der Waals surface area contributed by atoms with Crippen LogP contribution in [0.25, 0.3) is 11.0 Å². The molecule has 0 radical (unpaired) electrons. The quantitative estimate of drug-likeness (QED) is 0.772. The molecule has 0 saturated carbocycles. The molecule has 1 fully saturated rings. The van der Waals surface area contributed by atoms with Crippen molar-refractivity contribution in [3.63, 3.8) is 0 Å². The number of likely N-dealkylation sites (tertiary alicyclic amines) is 1. The van der Waals surface area contributed by atoms with E-state index in [0.717, 1.165) is 36.9 Å². The maximum atomic E-state index is 10.5. The average molecular weight is 325 g/mol. The summed E-state index contributed by atoms with van der Waals surface area (Å²) in [6.45, 7) is 4.69. The first-order valence-corrected chi connectivity index (χ1v) is 8.59. The summed E-state index contributed by atoms with van der Waals surface area (Å²) in [5.74, 6) is 1.23. The van der Waals surface area contributed by atoms with Crippen molar-refractivity contribution in [1.82, 2.24) is 15.1 Å². The van der Waals surface area contributed by atoms with Crippen molar-refractivity contribution in [1.29, 1.82) is 0 Å². The molecule has 1 atom stereocenters. The van der Waals surface area contributed by atoms with E-state index in [1.807, 2.05) is 36.5 Å². The molecule has 0 unspecified atom stereocenters. The summed E-state index contributed by atoms with van der Waals surface area (Å²) in [5.41, 5.74) is 3.35. The zero-order valence-electron chi connectivity index (χ0n) is 13.9. The van der Waals surface area contributed by atoms with E-state index in [9.17, 15) is 5.11 Å². The number of nitrogens with zero attached hydrogens (tertiary/aromatic N) is 2. The van der Waals surface area contributed by atoms with Crippen LogP contribution in [0.5, 0.6) is 0 Å². The number of hydrogen-bond acceptors (Lipinski definition) is 4. The summed E-state index contributed by atoms with van der Waals surface area (Å²) in [7, 11) is 0. The van der Waals surface area contributed by atoms with Crippen LogP contribution in [0, 0.1) is 6.92 Å². The van der Waals surface area contributed by atoms with Gasteiger partial charge in [0.2, 0.25) is 0 Å². The molecule has 0 bridgehead atoms. The molecule has 0 amide bonds. The topological polar surface area (TPSA) is 65.3 Å². The Labute approximate surface area is 141 Å². The molecule has 2 aromatic heterocycles. The van der Waals surface area contributed by atoms with Crippen LogP contribution in [0.3, 0.4) is 0 Å². The monoisotopic (exact) mass is 325 g/mol. The molecule has 5 nitrogen and oxygen atoms in total. The van der Waals surface area contributed by atoms with Crippen LogP contribution in [0.1, 0.15) is 41.9 Å². The van der Waals surface area contributed by atoms with Gasteiger partial charge in [-0.1, -0.05) is 18.2 Å². The fourth-order valence-corrected chi connectivity index (χ4v) is 3.70. The highest BCUT2D eigenvalue weighted by Gasteiger charge is 2.25. The number of rotatable bonds is 4. The number of nitrogens with one attached hydrogen (secondary N) is 1. The standard InChI is InChI=1S/C19H23N3O2/c1-13-16(11-20-21-13)14-6-8-22(9-7-14)12-17(23)19-10-15-4-2-3-5-18(15)24-19/h2-5,10-11,14,17,23H,6-9,12H2,1H3,(H,20,21)/t17-/m1/s1. The molecule has 3 heterocycles. The van der Waals surface area contributed by atoms with Crippen molar-refractivity contribution in [3.05, 3.63) is 53.5 Å². The number of fused-ring (bicyclic) bond motifs is 1. The van der Waals surface area contributed by atoms with E-state index in [1.165, 1.54) is 11.3 Å². The Morgan fingerprint density at radius 3 is 2.83 bits per heavy atom. The highest BCUT2D eigenvalue weighted by Crippen LogP contribution is 2.30. The Hall–Kier alpha value is -2.11. The number of hydrogen-bond donors (Lipinski definition) is 2. The summed E-state index contributed by atoms with van der Waals surface area (Å²) in [5, 5.41) is 18.7. The fraction of sp³-hybridized carbons (Fsp3) is 0.421. The lowest BCUT2D eigenvalue weighted by Gasteiger charge is -2.32. The molecule has 0 spiro atoms. The fourth-order valence-electron chi connectivity index (χ4n) is 3.70. The van der Waals surface area contributed by atoms with Gasteiger partial charge in [0.1, 0.15) is 17.4 Å². The van der Waals surface area contributed by atoms with Crippen molar-refractivity contribution in [2.24, 2.45) is 0 Å². The predicted molar refractivity (Wildman–Crippen MR) is 92.9 cm³/mol. The summed E-state index contributed by atoms with van der Waals surface area (Å²) in [6.07, 6.45) is 3.59. The lowest BCUT2D eigenvalue weighted by atomic mass is 9.90. The number of aromatic amines is 1. The van der Waals surface area contributed by atoms with Crippen LogP contribution in [0.2, 0.25) is 0 Å². The summed E-state index contributed by atoms with van der Waals surface area (Å²) in [4.78, 5) is 2.32. The van der Waals surface area contributed by atoms with Crippen LogP contribution in [0.4, 0.5) is 0 Å². The second-order valence-electron chi connectivity index (χ2n) is 6.73. The van der Waals surface area contributed by atoms with E-state index >= 15 is 0 Å². The molecule has 2 N–H and O–H groups in total. The number of aromatic nitrogens is 2. The zero-order chi connectivity index (χ0) is 16.5. The van der Waals surface area contributed by atoms with Gasteiger partial charge in [-0.15, -0.1) is 0 Å². The van der Waals surface area contributed by atoms with E-state index in [2.05, 4.69) is 22.0 Å². The minimum absolute atomic E-state index is 0.573. The lowest BCUT2D eigenvalue weighted by Crippen LogP contribution is -2.36. The molecule has 1 aliphatic heterocycles. The third kappa shape index (κ3) is 2.97. The van der Waals surface area contributed by atoms with Gasteiger partial charge in [-0.05, 0) is 56.5 Å². The van der Waals surface area contributed by atoms with Crippen molar-refractivity contribution in [2.45, 2.75) is 31.8 Å². The Kier molecular flexibility index (Phi) is 4.12. The first-order valence-electron chi connectivity index (χ1n) is 8.59. The minimum Gasteiger partial charge on any atom is -0.458 e. The van der Waals surface area contributed by atoms with Crippen molar-refractivity contribution in [2.75, 3.05) is 19.6 Å². The highest BCUT2D eigenvalue weighted by molar-refractivity contribution is 5.77. The van der Waals surface area contributed by atoms with Crippen molar-refractivity contribution >= 4 is 11.0 Å². The van der Waals surface area contributed by atoms with Gasteiger partial charge in [0.25, 0.3) is 0 Å². The molecule has 4 rings (SSSR count). The van der Waals surface area contributed by atoms with E-state index in [1.54, 1.807) is 0 Å². The normalized spacial score (nSPS) is 18.2. The van der Waals surface area contributed by atoms with Gasteiger partial charge >= 0.3 is 0 Å². The molecule has 1 saturated heterocycles. The van der Waals surface area contributed by atoms with Crippen molar-refractivity contribution in [3.8, 4) is 0 Å². The van der Waals surface area contributed by atoms with Crippen LogP contribution in [0.15, 0.2) is 40.9 Å². The predicted octanol–water partition coefficient (Wildman–Crippen LogP) is 3.38. The van der Waals surface area contributed by atoms with Crippen LogP contribution < -0.4 is 0 Å². The summed E-state index contributed by atoms with van der Waals surface area (Å²) < 4.78 is 5.78. The first-order chi connectivity index (χ1) is 11.7. The number of aliphatic hydroxyl groups excluding tert-OH is 1. The molecular formula is C19H23N3O2. The molecule has 1 aromatic carbocycles. The number of furan rings is 1. The third-order valence-electron chi connectivity index (χ3n) is 5.10. The lowest BCUT2D eigenvalue weighted by molar-refractivity contribution is 0.0828. The van der Waals surface area contributed by atoms with Gasteiger partial charge in [-0.25, -0.2) is 0 Å². The minimum atomic E-state index is -0.579. The number of H-pyrrole nitrogens is 1. The van der Waals surface area contributed by atoms with E-state index in [4.69, 9.17) is 4.42 Å². The smallest absolute Gasteiger partial charge is 0.135 e. The maximum absolute atomic E-state index is 10.5. The largest absolute Gasteiger partial charge is 0.458 e. The SMILES string of the molecule is Cc1[nH]ncc1C1CCN(C[C@@H](O)c2cc3ccccc3o2)CC1. The van der Waals surface area contributed by atoms with E-state index in [-0.39, 0.29) is 0 Å². The van der Waals surface area contributed by atoms with Gasteiger partial charge in [0.05, 0.1) is 6.20 Å². The first kappa shape index (κ1) is 15.4. The Balaban J connectivity index is 1.37. The van der Waals surface area contributed by atoms with Crippen LogP contribution >= 0.6 is 0 Å². The van der Waals surface area contributed by atoms with E-state index in [0.29, 0.717) is 18.2 Å². The van der Waals surface area contributed by atoms with Gasteiger partial charge in [0.15, 0.2) is 0 Å². The Bertz CT molecular complexity index is 782. The number of benzene rings is 1. The van der Waals surface area contributed by atoms with Gasteiger partial charge in [0, 0.05) is 17.6 Å². The average Bonchev–Trinajstić information content (AvgIpc) is 3.21. The maximum Gasteiger partial charge on any atom is 0.135 e. The second-order valence-corrected chi connectivity index (χ2v) is 6.73. The van der Waals surface area contributed by atoms with Crippen LogP contribution in [-0.4, -0.2) is 39.8 Å². The Morgan fingerprint density at radius 1 is 1.33 bits per heavy atom.